The third kappa shape index (κ3) is 7.82. The minimum absolute atomic E-state index is 0.909. The van der Waals surface area contributed by atoms with E-state index in [2.05, 4.69) is 214 Å². The summed E-state index contributed by atoms with van der Waals surface area (Å²) < 4.78 is 6.38. The third-order valence-electron chi connectivity index (χ3n) is 11.1. The van der Waals surface area contributed by atoms with Crippen LogP contribution in [-0.2, 0) is 0 Å². The Bertz CT molecular complexity index is 2980. The van der Waals surface area contributed by atoms with Crippen LogP contribution in [0.5, 0.6) is 0 Å². The minimum atomic E-state index is 0.909. The summed E-state index contributed by atoms with van der Waals surface area (Å²) in [5.74, 6) is 0. The second-order valence-electron chi connectivity index (χ2n) is 15.1. The average molecular weight is 760 g/mol. The highest BCUT2D eigenvalue weighted by Crippen LogP contribution is 2.40. The third-order valence-corrected chi connectivity index (χ3v) is 11.1. The molecule has 59 heavy (non-hydrogen) atoms. The number of rotatable bonds is 7. The lowest BCUT2D eigenvalue weighted by atomic mass is 9.93. The van der Waals surface area contributed by atoms with Gasteiger partial charge in [-0.15, -0.1) is 0 Å². The quantitative estimate of drug-likeness (QED) is 0.161. The summed E-state index contributed by atoms with van der Waals surface area (Å²) in [5.41, 5.74) is 18.5. The summed E-state index contributed by atoms with van der Waals surface area (Å²) in [6.45, 7) is 6.46. The maximum Gasteiger partial charge on any atom is 0.143 e. The lowest BCUT2D eigenvalue weighted by molar-refractivity contribution is 0.670. The highest BCUT2D eigenvalue weighted by Gasteiger charge is 2.16. The number of hydrogen-bond acceptors (Lipinski definition) is 2. The van der Waals surface area contributed by atoms with Crippen LogP contribution in [0.1, 0.15) is 16.7 Å². The van der Waals surface area contributed by atoms with Gasteiger partial charge in [0.15, 0.2) is 0 Å². The number of hydrogen-bond donors (Lipinski definition) is 0. The van der Waals surface area contributed by atoms with E-state index < -0.39 is 0 Å². The molecular formula is C57H45NO. The van der Waals surface area contributed by atoms with E-state index in [4.69, 9.17) is 4.42 Å². The lowest BCUT2D eigenvalue weighted by Crippen LogP contribution is -2.09. The summed E-state index contributed by atoms with van der Waals surface area (Å²) in [5, 5.41) is 2.28. The van der Waals surface area contributed by atoms with Gasteiger partial charge in [0, 0.05) is 33.4 Å². The largest absolute Gasteiger partial charge is 0.455 e. The molecule has 1 aromatic heterocycles. The predicted molar refractivity (Wildman–Crippen MR) is 251 cm³/mol. The minimum Gasteiger partial charge on any atom is -0.455 e. The molecule has 0 aliphatic heterocycles. The average Bonchev–Trinajstić information content (AvgIpc) is 3.68. The van der Waals surface area contributed by atoms with Crippen LogP contribution in [0.25, 0.3) is 66.4 Å². The van der Waals surface area contributed by atoms with E-state index in [1.54, 1.807) is 0 Å². The molecule has 2 heteroatoms. The highest BCUT2D eigenvalue weighted by atomic mass is 16.3. The maximum atomic E-state index is 6.38. The lowest BCUT2D eigenvalue weighted by Gasteiger charge is -2.26. The normalized spacial score (nSPS) is 11.0. The molecule has 0 bridgehead atoms. The van der Waals surface area contributed by atoms with Gasteiger partial charge in [0.1, 0.15) is 11.2 Å². The van der Waals surface area contributed by atoms with Gasteiger partial charge in [-0.1, -0.05) is 175 Å². The zero-order chi connectivity index (χ0) is 40.1. The predicted octanol–water partition coefficient (Wildman–Crippen LogP) is 16.3. The van der Waals surface area contributed by atoms with Crippen LogP contribution < -0.4 is 4.90 Å². The van der Waals surface area contributed by atoms with Gasteiger partial charge in [-0.25, -0.2) is 0 Å². The Balaban J connectivity index is 0.000000583. The molecule has 0 aliphatic rings. The Kier molecular flexibility index (Phi) is 10.5. The molecule has 0 spiro atoms. The van der Waals surface area contributed by atoms with Crippen molar-refractivity contribution in [3.05, 3.63) is 235 Å². The molecule has 0 saturated heterocycles. The van der Waals surface area contributed by atoms with Crippen LogP contribution in [0.2, 0.25) is 0 Å². The second-order valence-corrected chi connectivity index (χ2v) is 15.1. The van der Waals surface area contributed by atoms with Gasteiger partial charge in [-0.2, -0.15) is 0 Å². The first-order chi connectivity index (χ1) is 29.0. The number of para-hydroxylation sites is 2. The Morgan fingerprint density at radius 1 is 0.322 bits per heavy atom. The van der Waals surface area contributed by atoms with Gasteiger partial charge >= 0.3 is 0 Å². The van der Waals surface area contributed by atoms with Crippen LogP contribution in [0.4, 0.5) is 17.1 Å². The van der Waals surface area contributed by atoms with Gasteiger partial charge < -0.3 is 9.32 Å². The first-order valence-corrected chi connectivity index (χ1v) is 20.3. The van der Waals surface area contributed by atoms with E-state index in [1.165, 1.54) is 50.1 Å². The summed E-state index contributed by atoms with van der Waals surface area (Å²) >= 11 is 0. The molecular weight excluding hydrogens is 715 g/mol. The van der Waals surface area contributed by atoms with Crippen LogP contribution in [0, 0.1) is 20.8 Å². The van der Waals surface area contributed by atoms with Gasteiger partial charge in [-0.3, -0.25) is 0 Å². The number of aryl methyl sites for hydroxylation is 3. The van der Waals surface area contributed by atoms with Crippen LogP contribution in [0.15, 0.2) is 223 Å². The first kappa shape index (κ1) is 37.2. The van der Waals surface area contributed by atoms with Crippen molar-refractivity contribution in [3.63, 3.8) is 0 Å². The van der Waals surface area contributed by atoms with Gasteiger partial charge in [0.2, 0.25) is 0 Å². The van der Waals surface area contributed by atoms with E-state index in [1.807, 2.05) is 30.3 Å². The standard InChI is InChI=1S/C50H37NO.C7H8/c1-34-11-6-7-14-44(34)48-33-40(20-19-35(48)2)38-23-29-42(30-24-38)51(41-27-21-37(22-28-41)36-12-4-3-5-13-36)43-31-25-39(26-32-43)45-16-10-17-47-46-15-8-9-18-49(46)52-50(45)47;1-7-5-3-2-4-6-7/h3-33H,1-2H3;2-6H,1H3. The number of nitrogens with zero attached hydrogens (tertiary/aromatic N) is 1. The molecule has 0 amide bonds. The van der Waals surface area contributed by atoms with Gasteiger partial charge in [0.05, 0.1) is 0 Å². The van der Waals surface area contributed by atoms with Crippen molar-refractivity contribution in [1.29, 1.82) is 0 Å². The summed E-state index contributed by atoms with van der Waals surface area (Å²) in [6, 6.07) is 77.5. The molecule has 0 radical (unpaired) electrons. The van der Waals surface area contributed by atoms with Crippen LogP contribution in [-0.4, -0.2) is 0 Å². The Morgan fingerprint density at radius 3 is 1.42 bits per heavy atom. The van der Waals surface area contributed by atoms with Gasteiger partial charge in [-0.05, 0) is 119 Å². The van der Waals surface area contributed by atoms with E-state index in [-0.39, 0.29) is 0 Å². The van der Waals surface area contributed by atoms with Crippen LogP contribution in [0.3, 0.4) is 0 Å². The summed E-state index contributed by atoms with van der Waals surface area (Å²) in [6.07, 6.45) is 0. The Morgan fingerprint density at radius 2 is 0.797 bits per heavy atom. The van der Waals surface area contributed by atoms with E-state index >= 15 is 0 Å². The number of furan rings is 1. The molecule has 0 atom stereocenters. The summed E-state index contributed by atoms with van der Waals surface area (Å²) in [4.78, 5) is 2.33. The molecule has 0 saturated carbocycles. The molecule has 284 valence electrons. The maximum absolute atomic E-state index is 6.38. The monoisotopic (exact) mass is 759 g/mol. The van der Waals surface area contributed by atoms with Crippen molar-refractivity contribution in [1.82, 2.24) is 0 Å². The molecule has 9 aromatic carbocycles. The van der Waals surface area contributed by atoms with E-state index in [0.29, 0.717) is 0 Å². The highest BCUT2D eigenvalue weighted by molar-refractivity contribution is 6.09. The topological polar surface area (TPSA) is 16.4 Å². The molecule has 1 heterocycles. The van der Waals surface area contributed by atoms with Crippen molar-refractivity contribution in [2.45, 2.75) is 20.8 Å². The molecule has 2 nitrogen and oxygen atoms in total. The van der Waals surface area contributed by atoms with E-state index in [0.717, 1.165) is 50.1 Å². The van der Waals surface area contributed by atoms with Crippen molar-refractivity contribution in [3.8, 4) is 44.5 Å². The second kappa shape index (κ2) is 16.6. The number of fused-ring (bicyclic) bond motifs is 3. The van der Waals surface area contributed by atoms with Gasteiger partial charge in [0.25, 0.3) is 0 Å². The first-order valence-electron chi connectivity index (χ1n) is 20.3. The number of anilines is 3. The molecule has 0 aliphatic carbocycles. The van der Waals surface area contributed by atoms with Crippen LogP contribution >= 0.6 is 0 Å². The van der Waals surface area contributed by atoms with E-state index in [9.17, 15) is 0 Å². The Hall–Kier alpha value is -7.42. The molecule has 0 fully saturated rings. The molecule has 0 N–H and O–H groups in total. The smallest absolute Gasteiger partial charge is 0.143 e. The fraction of sp³-hybridized carbons (Fsp3) is 0.0526. The van der Waals surface area contributed by atoms with Crippen molar-refractivity contribution >= 4 is 39.0 Å². The van der Waals surface area contributed by atoms with Crippen molar-refractivity contribution < 1.29 is 4.42 Å². The molecule has 0 unspecified atom stereocenters. The molecule has 10 aromatic rings. The van der Waals surface area contributed by atoms with Crippen molar-refractivity contribution in [2.75, 3.05) is 4.90 Å². The fourth-order valence-corrected chi connectivity index (χ4v) is 7.95. The number of benzene rings is 9. The Labute approximate surface area is 347 Å². The summed E-state index contributed by atoms with van der Waals surface area (Å²) in [7, 11) is 0. The zero-order valence-electron chi connectivity index (χ0n) is 33.6. The van der Waals surface area contributed by atoms with Crippen molar-refractivity contribution in [2.24, 2.45) is 0 Å². The zero-order valence-corrected chi connectivity index (χ0v) is 33.6. The fourth-order valence-electron chi connectivity index (χ4n) is 7.95. The SMILES string of the molecule is Cc1ccccc1.Cc1ccccc1-c1cc(-c2ccc(N(c3ccc(-c4ccccc4)cc3)c3ccc(-c4cccc5c4oc4ccccc45)cc3)cc2)ccc1C. The molecule has 10 rings (SSSR count).